The second-order valence-corrected chi connectivity index (χ2v) is 6.42. The highest BCUT2D eigenvalue weighted by atomic mass is 16.2. The normalized spacial score (nSPS) is 19.6. The van der Waals surface area contributed by atoms with Crippen molar-refractivity contribution in [2.75, 3.05) is 0 Å². The first-order valence-electron chi connectivity index (χ1n) is 8.22. The average Bonchev–Trinajstić information content (AvgIpc) is 3.17. The van der Waals surface area contributed by atoms with Crippen molar-refractivity contribution in [1.29, 1.82) is 0 Å². The molecule has 1 aliphatic heterocycles. The van der Waals surface area contributed by atoms with E-state index in [0.717, 1.165) is 29.7 Å². The molecule has 5 rings (SSSR count). The maximum atomic E-state index is 12.8. The first kappa shape index (κ1) is 14.2. The van der Waals surface area contributed by atoms with Gasteiger partial charge in [0, 0.05) is 35.4 Å². The third kappa shape index (κ3) is 2.21. The van der Waals surface area contributed by atoms with E-state index >= 15 is 0 Å². The molecule has 1 atom stereocenters. The van der Waals surface area contributed by atoms with Crippen LogP contribution in [0.1, 0.15) is 24.6 Å². The van der Waals surface area contributed by atoms with Crippen molar-refractivity contribution in [2.45, 2.75) is 19.8 Å². The van der Waals surface area contributed by atoms with Crippen molar-refractivity contribution >= 4 is 17.4 Å². The first-order valence-corrected chi connectivity index (χ1v) is 8.22. The van der Waals surface area contributed by atoms with Gasteiger partial charge < -0.3 is 0 Å². The number of carbonyl (C=O) groups is 1. The van der Waals surface area contributed by atoms with Gasteiger partial charge in [-0.2, -0.15) is 14.9 Å². The molecule has 2 aliphatic rings. The summed E-state index contributed by atoms with van der Waals surface area (Å²) in [6.07, 6.45) is 10.7. The standard InChI is InChI=1S/C17H15N7O/c1-10-14(11-3-4-11)16(25)24-15(22-10)13(8-21-24)12-7-20-23(9-12)17-18-5-2-6-19-17/h2,5-9,11,14H,3-4H2,1H3. The van der Waals surface area contributed by atoms with E-state index in [1.165, 1.54) is 4.68 Å². The van der Waals surface area contributed by atoms with Gasteiger partial charge in [0.15, 0.2) is 5.82 Å². The second-order valence-electron chi connectivity index (χ2n) is 6.42. The van der Waals surface area contributed by atoms with Gasteiger partial charge in [-0.1, -0.05) is 0 Å². The van der Waals surface area contributed by atoms with Gasteiger partial charge in [-0.3, -0.25) is 4.79 Å². The lowest BCUT2D eigenvalue weighted by Crippen LogP contribution is -2.32. The summed E-state index contributed by atoms with van der Waals surface area (Å²) in [5.41, 5.74) is 2.48. The lowest BCUT2D eigenvalue weighted by atomic mass is 9.96. The molecule has 0 saturated heterocycles. The molecule has 4 heterocycles. The van der Waals surface area contributed by atoms with Crippen LogP contribution in [0.3, 0.4) is 0 Å². The number of hydrogen-bond donors (Lipinski definition) is 0. The van der Waals surface area contributed by atoms with Crippen LogP contribution in [0.4, 0.5) is 5.82 Å². The highest BCUT2D eigenvalue weighted by Crippen LogP contribution is 2.42. The molecule has 1 saturated carbocycles. The summed E-state index contributed by atoms with van der Waals surface area (Å²) in [5, 5.41) is 8.59. The number of hydrogen-bond acceptors (Lipinski definition) is 6. The number of nitrogens with zero attached hydrogens (tertiary/aromatic N) is 7. The average molecular weight is 333 g/mol. The molecule has 0 aromatic carbocycles. The van der Waals surface area contributed by atoms with E-state index in [4.69, 9.17) is 0 Å². The molecule has 124 valence electrons. The number of aliphatic imine (C=N–C) groups is 1. The van der Waals surface area contributed by atoms with Crippen LogP contribution in [-0.4, -0.2) is 41.1 Å². The lowest BCUT2D eigenvalue weighted by Gasteiger charge is -2.20. The Hall–Kier alpha value is -3.16. The van der Waals surface area contributed by atoms with Crippen molar-refractivity contribution in [3.63, 3.8) is 0 Å². The van der Waals surface area contributed by atoms with E-state index in [1.807, 2.05) is 13.1 Å². The molecule has 8 nitrogen and oxygen atoms in total. The number of carbonyl (C=O) groups excluding carboxylic acids is 1. The maximum Gasteiger partial charge on any atom is 0.257 e. The van der Waals surface area contributed by atoms with E-state index in [0.29, 0.717) is 17.7 Å². The highest BCUT2D eigenvalue weighted by Gasteiger charge is 2.42. The molecular formula is C17H15N7O. The van der Waals surface area contributed by atoms with E-state index < -0.39 is 0 Å². The number of fused-ring (bicyclic) bond motifs is 1. The summed E-state index contributed by atoms with van der Waals surface area (Å²) < 4.78 is 3.02. The van der Waals surface area contributed by atoms with Crippen molar-refractivity contribution in [3.8, 4) is 17.1 Å². The molecular weight excluding hydrogens is 318 g/mol. The number of aromatic nitrogens is 6. The Morgan fingerprint density at radius 2 is 1.92 bits per heavy atom. The Morgan fingerprint density at radius 1 is 1.12 bits per heavy atom. The predicted molar refractivity (Wildman–Crippen MR) is 90.0 cm³/mol. The predicted octanol–water partition coefficient (Wildman–Crippen LogP) is 2.30. The Balaban J connectivity index is 1.56. The highest BCUT2D eigenvalue weighted by molar-refractivity contribution is 6.09. The van der Waals surface area contributed by atoms with Gasteiger partial charge in [-0.15, -0.1) is 0 Å². The first-order chi connectivity index (χ1) is 12.2. The molecule has 0 N–H and O–H groups in total. The van der Waals surface area contributed by atoms with Gasteiger partial charge in [-0.05, 0) is 31.7 Å². The number of rotatable bonds is 3. The van der Waals surface area contributed by atoms with Gasteiger partial charge in [0.1, 0.15) is 0 Å². The van der Waals surface area contributed by atoms with Crippen LogP contribution in [0.2, 0.25) is 0 Å². The second kappa shape index (κ2) is 5.17. The summed E-state index contributed by atoms with van der Waals surface area (Å²) in [7, 11) is 0. The smallest absolute Gasteiger partial charge is 0.257 e. The van der Waals surface area contributed by atoms with Gasteiger partial charge in [0.05, 0.1) is 18.3 Å². The minimum absolute atomic E-state index is 0.0232. The molecule has 25 heavy (non-hydrogen) atoms. The van der Waals surface area contributed by atoms with E-state index in [2.05, 4.69) is 25.2 Å². The van der Waals surface area contributed by atoms with Crippen LogP contribution in [-0.2, 0) is 0 Å². The van der Waals surface area contributed by atoms with E-state index in [9.17, 15) is 4.79 Å². The molecule has 0 spiro atoms. The van der Waals surface area contributed by atoms with Crippen LogP contribution < -0.4 is 0 Å². The van der Waals surface area contributed by atoms with Crippen LogP contribution >= 0.6 is 0 Å². The van der Waals surface area contributed by atoms with Gasteiger partial charge in [0.25, 0.3) is 5.91 Å². The SMILES string of the molecule is CC1=Nc2c(-c3cnn(-c4ncccn4)c3)cnn2C(=O)C1C1CC1. The zero-order valence-electron chi connectivity index (χ0n) is 13.6. The minimum Gasteiger partial charge on any atom is -0.272 e. The van der Waals surface area contributed by atoms with Gasteiger partial charge in [-0.25, -0.2) is 19.6 Å². The van der Waals surface area contributed by atoms with Crippen molar-refractivity contribution in [2.24, 2.45) is 16.8 Å². The van der Waals surface area contributed by atoms with Crippen LogP contribution in [0, 0.1) is 11.8 Å². The molecule has 1 aliphatic carbocycles. The molecule has 1 unspecified atom stereocenters. The van der Waals surface area contributed by atoms with Crippen LogP contribution in [0.25, 0.3) is 17.1 Å². The van der Waals surface area contributed by atoms with Crippen molar-refractivity contribution in [3.05, 3.63) is 37.1 Å². The largest absolute Gasteiger partial charge is 0.272 e. The molecule has 8 heteroatoms. The zero-order valence-corrected chi connectivity index (χ0v) is 13.6. The summed E-state index contributed by atoms with van der Waals surface area (Å²) in [6.45, 7) is 1.93. The fourth-order valence-electron chi connectivity index (χ4n) is 3.31. The Bertz CT molecular complexity index is 997. The van der Waals surface area contributed by atoms with Crippen LogP contribution in [0.15, 0.2) is 42.0 Å². The topological polar surface area (TPSA) is 90.8 Å². The monoisotopic (exact) mass is 333 g/mol. The van der Waals surface area contributed by atoms with E-state index in [-0.39, 0.29) is 11.8 Å². The molecule has 3 aromatic rings. The Labute approximate surface area is 143 Å². The minimum atomic E-state index is -0.124. The fraction of sp³-hybridized carbons (Fsp3) is 0.294. The summed E-state index contributed by atoms with van der Waals surface area (Å²) in [6, 6.07) is 1.75. The van der Waals surface area contributed by atoms with Crippen molar-refractivity contribution in [1.82, 2.24) is 29.5 Å². The lowest BCUT2D eigenvalue weighted by molar-refractivity contribution is 0.0841. The fourth-order valence-corrected chi connectivity index (χ4v) is 3.31. The summed E-state index contributed by atoms with van der Waals surface area (Å²) in [4.78, 5) is 25.8. The maximum absolute atomic E-state index is 12.8. The van der Waals surface area contributed by atoms with Gasteiger partial charge >= 0.3 is 0 Å². The van der Waals surface area contributed by atoms with Crippen LogP contribution in [0.5, 0.6) is 0 Å². The molecule has 1 fully saturated rings. The Morgan fingerprint density at radius 3 is 2.68 bits per heavy atom. The molecule has 0 radical (unpaired) electrons. The molecule has 0 amide bonds. The summed E-state index contributed by atoms with van der Waals surface area (Å²) >= 11 is 0. The van der Waals surface area contributed by atoms with E-state index in [1.54, 1.807) is 35.5 Å². The van der Waals surface area contributed by atoms with Gasteiger partial charge in [0.2, 0.25) is 5.95 Å². The molecule has 3 aromatic heterocycles. The third-order valence-corrected chi connectivity index (χ3v) is 4.70. The Kier molecular flexibility index (Phi) is 2.94. The third-order valence-electron chi connectivity index (χ3n) is 4.70. The molecule has 0 bridgehead atoms. The zero-order chi connectivity index (χ0) is 17.0. The quantitative estimate of drug-likeness (QED) is 0.733. The van der Waals surface area contributed by atoms with Crippen molar-refractivity contribution < 1.29 is 4.79 Å². The summed E-state index contributed by atoms with van der Waals surface area (Å²) in [5.74, 6) is 1.39.